The van der Waals surface area contributed by atoms with E-state index in [0.29, 0.717) is 133 Å². The Hall–Kier alpha value is -8.19. The van der Waals surface area contributed by atoms with Crippen molar-refractivity contribution in [2.45, 2.75) is 95.9 Å². The molecule has 548 valence electrons. The molecule has 3 aromatic carbocycles. The minimum absolute atomic E-state index is 0.000520. The van der Waals surface area contributed by atoms with E-state index in [1.807, 2.05) is 14.1 Å². The van der Waals surface area contributed by atoms with E-state index < -0.39 is 67.1 Å². The number of fused-ring (bicyclic) bond motifs is 3. The number of hydrogen-bond donors (Lipinski definition) is 9. The number of carbonyl (C=O) groups excluding carboxylic acids is 6. The Kier molecular flexibility index (Phi) is 33.9. The number of aliphatic hydroxyl groups excluding tert-OH is 4. The van der Waals surface area contributed by atoms with Crippen LogP contribution in [-0.2, 0) is 97.5 Å². The van der Waals surface area contributed by atoms with Crippen LogP contribution in [0.3, 0.4) is 0 Å². The van der Waals surface area contributed by atoms with Crippen LogP contribution in [-0.4, -0.2) is 268 Å². The summed E-state index contributed by atoms with van der Waals surface area (Å²) in [5.41, 5.74) is 3.75. The first-order chi connectivity index (χ1) is 48.4. The Balaban J connectivity index is 0.770. The Morgan fingerprint density at radius 3 is 1.78 bits per heavy atom. The number of benzene rings is 3. The van der Waals surface area contributed by atoms with Crippen LogP contribution in [0.15, 0.2) is 72.8 Å². The molecular formula is C68H93N9O23. The summed E-state index contributed by atoms with van der Waals surface area (Å²) in [4.78, 5) is 99.9. The molecule has 32 nitrogen and oxygen atoms in total. The fraction of sp³-hybridized carbons (Fsp3) is 0.544. The van der Waals surface area contributed by atoms with Crippen molar-refractivity contribution in [3.05, 3.63) is 101 Å². The number of amides is 6. The lowest BCUT2D eigenvalue weighted by Crippen LogP contribution is -2.60. The van der Waals surface area contributed by atoms with Gasteiger partial charge < -0.3 is 103 Å². The summed E-state index contributed by atoms with van der Waals surface area (Å²) in [6, 6.07) is 17.2. The number of imide groups is 1. The number of ether oxygens (including phenoxy) is 11. The summed E-state index contributed by atoms with van der Waals surface area (Å²) in [6.45, 7) is 7.69. The lowest BCUT2D eigenvalue weighted by atomic mass is 9.99. The first kappa shape index (κ1) is 79.1. The van der Waals surface area contributed by atoms with Crippen molar-refractivity contribution >= 4 is 75.0 Å². The van der Waals surface area contributed by atoms with Crippen LogP contribution < -0.4 is 26.0 Å². The van der Waals surface area contributed by atoms with Crippen LogP contribution in [0.2, 0.25) is 0 Å². The highest BCUT2D eigenvalue weighted by atomic mass is 16.7. The van der Waals surface area contributed by atoms with Gasteiger partial charge in [0.25, 0.3) is 11.8 Å². The maximum Gasteiger partial charge on any atom is 0.413 e. The molecule has 100 heavy (non-hydrogen) atoms. The lowest BCUT2D eigenvalue weighted by molar-refractivity contribution is -0.277. The number of rotatable bonds is 48. The molecule has 0 spiro atoms. The number of carbonyl (C=O) groups is 7. The number of hydrogen-bond acceptors (Lipinski definition) is 25. The monoisotopic (exact) mass is 1400 g/mol. The predicted molar refractivity (Wildman–Crippen MR) is 359 cm³/mol. The Morgan fingerprint density at radius 1 is 0.620 bits per heavy atom. The first-order valence-electron chi connectivity index (χ1n) is 33.2. The molecule has 9 N–H and O–H groups in total. The summed E-state index contributed by atoms with van der Waals surface area (Å²) < 4.78 is 63.2. The number of nitrogens with one attached hydrogen (secondary N) is 4. The van der Waals surface area contributed by atoms with Gasteiger partial charge in [-0.15, -0.1) is 0 Å². The third-order valence-electron chi connectivity index (χ3n) is 15.4. The van der Waals surface area contributed by atoms with Crippen molar-refractivity contribution in [3.8, 4) is 5.75 Å². The van der Waals surface area contributed by atoms with E-state index >= 15 is 0 Å². The van der Waals surface area contributed by atoms with Crippen molar-refractivity contribution in [3.63, 3.8) is 0 Å². The number of nitrogens with zero attached hydrogens (tertiary/aromatic N) is 5. The largest absolute Gasteiger partial charge is 0.478 e. The van der Waals surface area contributed by atoms with Gasteiger partial charge in [-0.05, 0) is 67.5 Å². The molecule has 6 amide bonds. The third-order valence-corrected chi connectivity index (χ3v) is 15.4. The summed E-state index contributed by atoms with van der Waals surface area (Å²) >= 11 is 0. The standard InChI is InChI=1S/C68H93N9O23/c1-4-5-6-54-73-60-61(77(54)42-46-9-7-45(8-10-46)41-75(2)3)49-13-12-48(66(87)88)40-50(49)72-65(60)74-68(89)98-44-47-11-14-52(99-67-64(86)63(85)62(84)53(43-78)100-67)51(39-47)71-57(81)17-20-69-56(80)19-23-90-25-27-92-29-31-94-33-35-96-37-38-97-36-34-95-32-30-93-28-26-91-24-21-70-55(79)18-22-76-58(82)15-16-59(76)83/h7-16,39-40,53,62-64,67,78,84-86H,4-6,17-38,41-44H2,1-3H3,(H,69,80)(H,70,79)(H,71,81)(H,87,88)(H,72,74,89)/t53-,62-,63+,64+,67+/m1/s1. The van der Waals surface area contributed by atoms with Gasteiger partial charge >= 0.3 is 12.1 Å². The zero-order valence-corrected chi connectivity index (χ0v) is 56.6. The summed E-state index contributed by atoms with van der Waals surface area (Å²) in [5.74, 6) is -2.57. The molecule has 32 heteroatoms. The molecule has 5 aromatic rings. The fourth-order valence-electron chi connectivity index (χ4n) is 10.2. The van der Waals surface area contributed by atoms with E-state index in [0.717, 1.165) is 41.2 Å². The maximum absolute atomic E-state index is 13.8. The van der Waals surface area contributed by atoms with Gasteiger partial charge in [-0.1, -0.05) is 43.7 Å². The maximum atomic E-state index is 13.8. The van der Waals surface area contributed by atoms with Gasteiger partial charge in [0.2, 0.25) is 24.0 Å². The van der Waals surface area contributed by atoms with Crippen LogP contribution in [0.4, 0.5) is 16.3 Å². The summed E-state index contributed by atoms with van der Waals surface area (Å²) in [5, 5.41) is 62.8. The second-order valence-corrected chi connectivity index (χ2v) is 23.4. The Morgan fingerprint density at radius 2 is 1.19 bits per heavy atom. The highest BCUT2D eigenvalue weighted by Gasteiger charge is 2.45. The topological polar surface area (TPSA) is 407 Å². The van der Waals surface area contributed by atoms with Gasteiger partial charge in [0.15, 0.2) is 5.82 Å². The van der Waals surface area contributed by atoms with Crippen molar-refractivity contribution in [2.75, 3.05) is 157 Å². The quantitative estimate of drug-likeness (QED) is 0.0199. The molecule has 1 saturated heterocycles. The highest BCUT2D eigenvalue weighted by molar-refractivity contribution is 6.13. The van der Waals surface area contributed by atoms with Gasteiger partial charge in [-0.3, -0.25) is 34.2 Å². The van der Waals surface area contributed by atoms with Gasteiger partial charge in [0, 0.05) is 75.9 Å². The number of aryl methyl sites for hydroxylation is 1. The minimum Gasteiger partial charge on any atom is -0.478 e. The molecule has 1 fully saturated rings. The molecule has 2 aromatic heterocycles. The fourth-order valence-corrected chi connectivity index (χ4v) is 10.2. The van der Waals surface area contributed by atoms with Crippen molar-refractivity contribution in [2.24, 2.45) is 0 Å². The second-order valence-electron chi connectivity index (χ2n) is 23.4. The Bertz CT molecular complexity index is 3440. The molecular weight excluding hydrogens is 1310 g/mol. The minimum atomic E-state index is -1.79. The Labute approximate surface area is 578 Å². The molecule has 5 atom stereocenters. The number of carboxylic acids is 1. The number of unbranched alkanes of at least 4 members (excludes halogenated alkanes) is 1. The van der Waals surface area contributed by atoms with E-state index in [4.69, 9.17) is 62.1 Å². The van der Waals surface area contributed by atoms with E-state index in [-0.39, 0.29) is 93.4 Å². The van der Waals surface area contributed by atoms with Crippen molar-refractivity contribution < 1.29 is 111 Å². The molecule has 0 unspecified atom stereocenters. The highest BCUT2D eigenvalue weighted by Crippen LogP contribution is 2.34. The number of carboxylic acid groups (broad SMARTS) is 1. The molecule has 0 bridgehead atoms. The first-order valence-corrected chi connectivity index (χ1v) is 33.2. The SMILES string of the molecule is CCCCc1nc2c(NC(=O)OCc3ccc(O[C@H]4O[C@H](CO)[C@@H](O)[C@H](O)[C@@H]4O)c(NC(=O)CCNC(=O)CCOCCOCCOCCOCCOCCOCCOCCOCCNC(=O)CCN4C(=O)C=CC4=O)c3)nc3cc(C(=O)O)ccc3c2n1Cc1ccc(CN(C)C)cc1. The predicted octanol–water partition coefficient (Wildman–Crippen LogP) is 2.06. The molecule has 4 heterocycles. The second kappa shape index (κ2) is 42.8. The van der Waals surface area contributed by atoms with E-state index in [9.17, 15) is 59.1 Å². The van der Waals surface area contributed by atoms with Crippen LogP contribution in [0.1, 0.15) is 71.9 Å². The van der Waals surface area contributed by atoms with Gasteiger partial charge in [0.05, 0.1) is 135 Å². The van der Waals surface area contributed by atoms with Crippen LogP contribution in [0.25, 0.3) is 21.9 Å². The number of imidazole rings is 1. The van der Waals surface area contributed by atoms with E-state index in [1.165, 1.54) is 42.5 Å². The number of aromatic nitrogens is 3. The van der Waals surface area contributed by atoms with E-state index in [2.05, 4.69) is 61.9 Å². The van der Waals surface area contributed by atoms with Crippen molar-refractivity contribution in [1.82, 2.24) is 35.0 Å². The lowest BCUT2D eigenvalue weighted by Gasteiger charge is -2.39. The summed E-state index contributed by atoms with van der Waals surface area (Å²) in [7, 11) is 4.00. The molecule has 0 aliphatic carbocycles. The number of aliphatic hydroxyl groups is 4. The van der Waals surface area contributed by atoms with Gasteiger partial charge in [0.1, 0.15) is 48.1 Å². The molecule has 2 aliphatic rings. The molecule has 7 rings (SSSR count). The average Bonchev–Trinajstić information content (AvgIpc) is 1.56. The van der Waals surface area contributed by atoms with Crippen LogP contribution >= 0.6 is 0 Å². The zero-order chi connectivity index (χ0) is 71.6. The van der Waals surface area contributed by atoms with Crippen LogP contribution in [0.5, 0.6) is 5.75 Å². The number of aromatic carboxylic acids is 1. The van der Waals surface area contributed by atoms with Gasteiger partial charge in [-0.2, -0.15) is 0 Å². The molecule has 2 aliphatic heterocycles. The number of anilines is 2. The normalized spacial score (nSPS) is 16.8. The zero-order valence-electron chi connectivity index (χ0n) is 56.6. The number of pyridine rings is 1. The van der Waals surface area contributed by atoms with Crippen molar-refractivity contribution in [1.29, 1.82) is 0 Å². The molecule has 0 saturated carbocycles. The van der Waals surface area contributed by atoms with E-state index in [1.54, 1.807) is 6.07 Å². The molecule has 0 radical (unpaired) electrons. The third kappa shape index (κ3) is 26.1. The average molecular weight is 1400 g/mol. The summed E-state index contributed by atoms with van der Waals surface area (Å²) in [6.07, 6.45) is -4.64. The smallest absolute Gasteiger partial charge is 0.413 e. The van der Waals surface area contributed by atoms with Crippen LogP contribution in [0, 0.1) is 0 Å². The van der Waals surface area contributed by atoms with Gasteiger partial charge in [-0.25, -0.2) is 19.6 Å².